The van der Waals surface area contributed by atoms with E-state index >= 15 is 0 Å². The van der Waals surface area contributed by atoms with E-state index in [4.69, 9.17) is 16.3 Å². The van der Waals surface area contributed by atoms with Crippen molar-refractivity contribution < 1.29 is 13.2 Å². The lowest BCUT2D eigenvalue weighted by molar-refractivity contribution is 0.414. The van der Waals surface area contributed by atoms with Crippen molar-refractivity contribution in [2.24, 2.45) is 0 Å². The second-order valence-electron chi connectivity index (χ2n) is 4.39. The topological polar surface area (TPSA) is 55.4 Å². The lowest BCUT2D eigenvalue weighted by Crippen LogP contribution is -2.13. The smallest absolute Gasteiger partial charge is 0.261 e. The molecule has 0 aliphatic heterocycles. The second-order valence-corrected chi connectivity index (χ2v) is 7.33. The van der Waals surface area contributed by atoms with E-state index < -0.39 is 10.0 Å². The first-order chi connectivity index (χ1) is 9.83. The van der Waals surface area contributed by atoms with E-state index in [0.717, 1.165) is 5.56 Å². The maximum absolute atomic E-state index is 12.4. The molecular weight excluding hydrogens is 378 g/mol. The van der Waals surface area contributed by atoms with Gasteiger partial charge in [-0.15, -0.1) is 0 Å². The van der Waals surface area contributed by atoms with E-state index in [9.17, 15) is 8.42 Å². The number of benzene rings is 2. The van der Waals surface area contributed by atoms with Gasteiger partial charge in [0, 0.05) is 4.47 Å². The van der Waals surface area contributed by atoms with Gasteiger partial charge in [0.25, 0.3) is 10.0 Å². The molecule has 21 heavy (non-hydrogen) atoms. The third kappa shape index (κ3) is 3.70. The lowest BCUT2D eigenvalue weighted by atomic mass is 10.2. The molecule has 0 bridgehead atoms. The minimum Gasteiger partial charge on any atom is -0.495 e. The van der Waals surface area contributed by atoms with Gasteiger partial charge in [0.15, 0.2) is 0 Å². The molecule has 0 fully saturated rings. The van der Waals surface area contributed by atoms with Crippen LogP contribution < -0.4 is 9.46 Å². The fourth-order valence-corrected chi connectivity index (χ4v) is 3.87. The van der Waals surface area contributed by atoms with Gasteiger partial charge in [0.1, 0.15) is 5.75 Å². The van der Waals surface area contributed by atoms with E-state index in [1.165, 1.54) is 25.3 Å². The van der Waals surface area contributed by atoms with Gasteiger partial charge >= 0.3 is 0 Å². The van der Waals surface area contributed by atoms with Crippen LogP contribution in [-0.4, -0.2) is 15.5 Å². The van der Waals surface area contributed by atoms with Crippen LogP contribution >= 0.6 is 27.5 Å². The average molecular weight is 391 g/mol. The number of methoxy groups -OCH3 is 1. The highest BCUT2D eigenvalue weighted by Gasteiger charge is 2.17. The first-order valence-electron chi connectivity index (χ1n) is 5.96. The van der Waals surface area contributed by atoms with Crippen molar-refractivity contribution >= 4 is 43.2 Å². The first-order valence-corrected chi connectivity index (χ1v) is 8.61. The number of nitrogens with one attached hydrogen (secondary N) is 1. The van der Waals surface area contributed by atoms with Gasteiger partial charge in [-0.2, -0.15) is 0 Å². The molecular formula is C14H13BrClNO3S. The number of aryl methyl sites for hydroxylation is 1. The Morgan fingerprint density at radius 1 is 1.19 bits per heavy atom. The molecule has 4 nitrogen and oxygen atoms in total. The van der Waals surface area contributed by atoms with Crippen molar-refractivity contribution in [1.82, 2.24) is 0 Å². The molecule has 7 heteroatoms. The zero-order chi connectivity index (χ0) is 15.6. The van der Waals surface area contributed by atoms with Crippen molar-refractivity contribution in [2.75, 3.05) is 11.8 Å². The highest BCUT2D eigenvalue weighted by molar-refractivity contribution is 9.10. The minimum absolute atomic E-state index is 0.0702. The molecule has 0 atom stereocenters. The number of hydrogen-bond donors (Lipinski definition) is 1. The van der Waals surface area contributed by atoms with Crippen LogP contribution in [0.2, 0.25) is 5.02 Å². The fraction of sp³-hybridized carbons (Fsp3) is 0.143. The van der Waals surface area contributed by atoms with Crippen LogP contribution in [0.3, 0.4) is 0 Å². The largest absolute Gasteiger partial charge is 0.495 e. The van der Waals surface area contributed by atoms with Crippen molar-refractivity contribution in [1.29, 1.82) is 0 Å². The van der Waals surface area contributed by atoms with Crippen LogP contribution in [0.5, 0.6) is 5.75 Å². The highest BCUT2D eigenvalue weighted by Crippen LogP contribution is 2.29. The SMILES string of the molecule is COc1ccc(S(=O)(=O)Nc2ccc(C)cc2Br)cc1Cl. The molecule has 0 saturated carbocycles. The molecule has 0 unspecified atom stereocenters. The summed E-state index contributed by atoms with van der Waals surface area (Å²) in [5.74, 6) is 0.423. The predicted octanol–water partition coefficient (Wildman–Crippen LogP) is 4.22. The molecule has 2 aromatic carbocycles. The number of hydrogen-bond acceptors (Lipinski definition) is 3. The maximum atomic E-state index is 12.4. The Balaban J connectivity index is 2.36. The summed E-state index contributed by atoms with van der Waals surface area (Å²) >= 11 is 9.30. The molecule has 2 rings (SSSR count). The van der Waals surface area contributed by atoms with Crippen LogP contribution in [0.25, 0.3) is 0 Å². The van der Waals surface area contributed by atoms with Crippen LogP contribution in [-0.2, 0) is 10.0 Å². The minimum atomic E-state index is -3.72. The standard InChI is InChI=1S/C14H13BrClNO3S/c1-9-3-5-13(11(15)7-9)17-21(18,19)10-4-6-14(20-2)12(16)8-10/h3-8,17H,1-2H3. The Bertz CT molecular complexity index is 778. The van der Waals surface area contributed by atoms with Crippen LogP contribution in [0.4, 0.5) is 5.69 Å². The van der Waals surface area contributed by atoms with Gasteiger partial charge < -0.3 is 4.74 Å². The monoisotopic (exact) mass is 389 g/mol. The molecule has 0 amide bonds. The van der Waals surface area contributed by atoms with Crippen molar-refractivity contribution in [3.63, 3.8) is 0 Å². The van der Waals surface area contributed by atoms with Crippen molar-refractivity contribution in [3.05, 3.63) is 51.5 Å². The Labute approximate surface area is 137 Å². The van der Waals surface area contributed by atoms with E-state index in [1.54, 1.807) is 6.07 Å². The molecule has 0 heterocycles. The Kier molecular flexibility index (Phi) is 4.81. The number of sulfonamides is 1. The normalized spacial score (nSPS) is 11.2. The summed E-state index contributed by atoms with van der Waals surface area (Å²) in [5, 5.41) is 0.239. The van der Waals surface area contributed by atoms with Crippen molar-refractivity contribution in [2.45, 2.75) is 11.8 Å². The van der Waals surface area contributed by atoms with Crippen LogP contribution in [0.1, 0.15) is 5.56 Å². The van der Waals surface area contributed by atoms with Crippen LogP contribution in [0.15, 0.2) is 45.8 Å². The lowest BCUT2D eigenvalue weighted by Gasteiger charge is -2.11. The molecule has 0 aliphatic rings. The summed E-state index contributed by atoms with van der Waals surface area (Å²) in [6, 6.07) is 9.66. The van der Waals surface area contributed by atoms with Gasteiger partial charge in [0.05, 0.1) is 22.7 Å². The van der Waals surface area contributed by atoms with E-state index in [0.29, 0.717) is 15.9 Å². The van der Waals surface area contributed by atoms with Gasteiger partial charge in [-0.1, -0.05) is 17.7 Å². The zero-order valence-electron chi connectivity index (χ0n) is 11.4. The van der Waals surface area contributed by atoms with Gasteiger partial charge in [-0.25, -0.2) is 8.42 Å². The van der Waals surface area contributed by atoms with Gasteiger partial charge in [0.2, 0.25) is 0 Å². The van der Waals surface area contributed by atoms with Gasteiger partial charge in [-0.3, -0.25) is 4.72 Å². The molecule has 2 aromatic rings. The number of ether oxygens (including phenoxy) is 1. The zero-order valence-corrected chi connectivity index (χ0v) is 14.5. The molecule has 112 valence electrons. The number of rotatable bonds is 4. The quantitative estimate of drug-likeness (QED) is 0.850. The third-order valence-electron chi connectivity index (χ3n) is 2.80. The summed E-state index contributed by atoms with van der Waals surface area (Å²) < 4.78 is 32.9. The average Bonchev–Trinajstić information content (AvgIpc) is 2.42. The highest BCUT2D eigenvalue weighted by atomic mass is 79.9. The van der Waals surface area contributed by atoms with E-state index in [-0.39, 0.29) is 9.92 Å². The summed E-state index contributed by atoms with van der Waals surface area (Å²) in [7, 11) is -2.25. The summed E-state index contributed by atoms with van der Waals surface area (Å²) in [6.45, 7) is 1.92. The summed E-state index contributed by atoms with van der Waals surface area (Å²) in [5.41, 5.74) is 1.49. The second kappa shape index (κ2) is 6.25. The Morgan fingerprint density at radius 3 is 2.48 bits per heavy atom. The fourth-order valence-electron chi connectivity index (χ4n) is 1.72. The molecule has 0 spiro atoms. The molecule has 0 aliphatic carbocycles. The van der Waals surface area contributed by atoms with Crippen molar-refractivity contribution in [3.8, 4) is 5.75 Å². The Morgan fingerprint density at radius 2 is 1.90 bits per heavy atom. The first kappa shape index (κ1) is 16.1. The molecule has 0 radical (unpaired) electrons. The van der Waals surface area contributed by atoms with E-state index in [1.807, 2.05) is 19.1 Å². The van der Waals surface area contributed by atoms with Gasteiger partial charge in [-0.05, 0) is 58.7 Å². The summed E-state index contributed by atoms with van der Waals surface area (Å²) in [6.07, 6.45) is 0. The maximum Gasteiger partial charge on any atom is 0.261 e. The molecule has 0 aromatic heterocycles. The van der Waals surface area contributed by atoms with E-state index in [2.05, 4.69) is 20.7 Å². The third-order valence-corrected chi connectivity index (χ3v) is 5.12. The molecule has 1 N–H and O–H groups in total. The number of halogens is 2. The van der Waals surface area contributed by atoms with Crippen LogP contribution in [0, 0.1) is 6.92 Å². The predicted molar refractivity (Wildman–Crippen MR) is 87.7 cm³/mol. The Hall–Kier alpha value is -1.24. The number of anilines is 1. The molecule has 0 saturated heterocycles. The summed E-state index contributed by atoms with van der Waals surface area (Å²) in [4.78, 5) is 0.0702.